The van der Waals surface area contributed by atoms with E-state index in [1.807, 2.05) is 12.1 Å². The van der Waals surface area contributed by atoms with E-state index in [1.54, 1.807) is 12.1 Å². The van der Waals surface area contributed by atoms with Gasteiger partial charge in [0.25, 0.3) is 0 Å². The Labute approximate surface area is 120 Å². The van der Waals surface area contributed by atoms with Gasteiger partial charge < -0.3 is 5.11 Å². The maximum atomic E-state index is 10.5. The smallest absolute Gasteiger partial charge is 0.0991 e. The zero-order valence-electron chi connectivity index (χ0n) is 11.8. The summed E-state index contributed by atoms with van der Waals surface area (Å²) in [5.41, 5.74) is 1.57. The summed E-state index contributed by atoms with van der Waals surface area (Å²) >= 11 is 0. The summed E-state index contributed by atoms with van der Waals surface area (Å²) in [4.78, 5) is 2.54. The normalized spacial score (nSPS) is 21.1. The maximum Gasteiger partial charge on any atom is 0.0991 e. The first-order valence-electron chi connectivity index (χ1n) is 7.72. The molecule has 2 fully saturated rings. The molecule has 0 bridgehead atoms. The fraction of sp³-hybridized carbons (Fsp3) is 0.588. The molecule has 0 aliphatic heterocycles. The van der Waals surface area contributed by atoms with Gasteiger partial charge in [-0.05, 0) is 43.4 Å². The molecule has 0 saturated heterocycles. The number of benzene rings is 1. The van der Waals surface area contributed by atoms with Crippen molar-refractivity contribution >= 4 is 0 Å². The minimum atomic E-state index is -0.441. The van der Waals surface area contributed by atoms with Crippen molar-refractivity contribution in [3.05, 3.63) is 35.4 Å². The standard InChI is InChI=1S/C17H22N2O/c18-11-13-5-7-14(8-6-13)17(20)12-19(16-9-10-16)15-3-1-2-4-15/h5-8,15-17,20H,1-4,9-10,12H2. The molecule has 2 aliphatic carbocycles. The van der Waals surface area contributed by atoms with E-state index in [0.29, 0.717) is 17.6 Å². The summed E-state index contributed by atoms with van der Waals surface area (Å²) in [5.74, 6) is 0. The Morgan fingerprint density at radius 1 is 1.10 bits per heavy atom. The average Bonchev–Trinajstić information content (AvgIpc) is 3.19. The van der Waals surface area contributed by atoms with Gasteiger partial charge in [0, 0.05) is 18.6 Å². The summed E-state index contributed by atoms with van der Waals surface area (Å²) in [6.45, 7) is 0.737. The van der Waals surface area contributed by atoms with Crippen LogP contribution < -0.4 is 0 Å². The van der Waals surface area contributed by atoms with Gasteiger partial charge in [-0.1, -0.05) is 25.0 Å². The van der Waals surface area contributed by atoms with E-state index in [4.69, 9.17) is 5.26 Å². The van der Waals surface area contributed by atoms with Crippen LogP contribution in [-0.2, 0) is 0 Å². The molecule has 0 aromatic heterocycles. The number of aliphatic hydroxyl groups is 1. The second kappa shape index (κ2) is 5.95. The molecule has 3 rings (SSSR count). The van der Waals surface area contributed by atoms with E-state index < -0.39 is 6.10 Å². The largest absolute Gasteiger partial charge is 0.387 e. The molecule has 3 nitrogen and oxygen atoms in total. The van der Waals surface area contributed by atoms with Gasteiger partial charge in [-0.3, -0.25) is 4.90 Å². The Kier molecular flexibility index (Phi) is 4.05. The summed E-state index contributed by atoms with van der Waals surface area (Å²) in [7, 11) is 0. The highest BCUT2D eigenvalue weighted by molar-refractivity contribution is 5.32. The van der Waals surface area contributed by atoms with Crippen molar-refractivity contribution in [1.82, 2.24) is 4.90 Å². The molecule has 3 heteroatoms. The summed E-state index contributed by atoms with van der Waals surface area (Å²) in [6, 6.07) is 10.8. The molecule has 2 aliphatic rings. The number of hydrogen-bond acceptors (Lipinski definition) is 3. The molecular weight excluding hydrogens is 248 g/mol. The summed E-state index contributed by atoms with van der Waals surface area (Å²) in [6.07, 6.45) is 7.38. The molecule has 106 valence electrons. The van der Waals surface area contributed by atoms with E-state index in [0.717, 1.165) is 12.1 Å². The van der Waals surface area contributed by atoms with Gasteiger partial charge in [-0.2, -0.15) is 5.26 Å². The van der Waals surface area contributed by atoms with E-state index in [2.05, 4.69) is 11.0 Å². The lowest BCUT2D eigenvalue weighted by atomic mass is 10.1. The third kappa shape index (κ3) is 3.03. The van der Waals surface area contributed by atoms with Gasteiger partial charge in [-0.25, -0.2) is 0 Å². The van der Waals surface area contributed by atoms with Crippen LogP contribution in [0.3, 0.4) is 0 Å². The molecule has 20 heavy (non-hydrogen) atoms. The number of rotatable bonds is 5. The third-order valence-electron chi connectivity index (χ3n) is 4.62. The Hall–Kier alpha value is -1.37. The highest BCUT2D eigenvalue weighted by atomic mass is 16.3. The molecule has 2 saturated carbocycles. The topological polar surface area (TPSA) is 47.3 Å². The molecular formula is C17H22N2O. The summed E-state index contributed by atoms with van der Waals surface area (Å²) in [5, 5.41) is 19.3. The van der Waals surface area contributed by atoms with Crippen molar-refractivity contribution in [2.75, 3.05) is 6.54 Å². The second-order valence-corrected chi connectivity index (χ2v) is 6.12. The van der Waals surface area contributed by atoms with Crippen LogP contribution in [0.25, 0.3) is 0 Å². The fourth-order valence-corrected chi connectivity index (χ4v) is 3.32. The molecule has 1 aromatic rings. The molecule has 1 aromatic carbocycles. The number of hydrogen-bond donors (Lipinski definition) is 1. The Morgan fingerprint density at radius 2 is 1.70 bits per heavy atom. The zero-order chi connectivity index (χ0) is 13.9. The van der Waals surface area contributed by atoms with E-state index in [9.17, 15) is 5.11 Å². The first-order chi connectivity index (χ1) is 9.78. The SMILES string of the molecule is N#Cc1ccc(C(O)CN(C2CCCC2)C2CC2)cc1. The highest BCUT2D eigenvalue weighted by Crippen LogP contribution is 2.35. The number of aliphatic hydroxyl groups excluding tert-OH is 1. The van der Waals surface area contributed by atoms with Gasteiger partial charge in [0.1, 0.15) is 0 Å². The number of nitrogens with zero attached hydrogens (tertiary/aromatic N) is 2. The lowest BCUT2D eigenvalue weighted by molar-refractivity contribution is 0.0822. The van der Waals surface area contributed by atoms with Gasteiger partial charge >= 0.3 is 0 Å². The van der Waals surface area contributed by atoms with Crippen molar-refractivity contribution in [3.8, 4) is 6.07 Å². The van der Waals surface area contributed by atoms with Gasteiger partial charge in [0.05, 0.1) is 17.7 Å². The van der Waals surface area contributed by atoms with Crippen molar-refractivity contribution in [2.45, 2.75) is 56.7 Å². The third-order valence-corrected chi connectivity index (χ3v) is 4.62. The van der Waals surface area contributed by atoms with Crippen LogP contribution in [0.15, 0.2) is 24.3 Å². The maximum absolute atomic E-state index is 10.5. The monoisotopic (exact) mass is 270 g/mol. The van der Waals surface area contributed by atoms with E-state index in [1.165, 1.54) is 38.5 Å². The zero-order valence-corrected chi connectivity index (χ0v) is 11.8. The number of nitriles is 1. The van der Waals surface area contributed by atoms with E-state index in [-0.39, 0.29) is 0 Å². The minimum Gasteiger partial charge on any atom is -0.387 e. The lowest BCUT2D eigenvalue weighted by Gasteiger charge is -2.31. The average molecular weight is 270 g/mol. The van der Waals surface area contributed by atoms with Crippen molar-refractivity contribution in [2.24, 2.45) is 0 Å². The van der Waals surface area contributed by atoms with Crippen LogP contribution in [0.2, 0.25) is 0 Å². The molecule has 1 unspecified atom stereocenters. The van der Waals surface area contributed by atoms with Crippen molar-refractivity contribution in [3.63, 3.8) is 0 Å². The van der Waals surface area contributed by atoms with Crippen LogP contribution in [0.1, 0.15) is 55.8 Å². The molecule has 0 spiro atoms. The molecule has 0 heterocycles. The first kappa shape index (κ1) is 13.6. The lowest BCUT2D eigenvalue weighted by Crippen LogP contribution is -2.38. The van der Waals surface area contributed by atoms with Crippen LogP contribution in [0, 0.1) is 11.3 Å². The summed E-state index contributed by atoms with van der Waals surface area (Å²) < 4.78 is 0. The van der Waals surface area contributed by atoms with Gasteiger partial charge in [0.2, 0.25) is 0 Å². The minimum absolute atomic E-state index is 0.441. The molecule has 1 N–H and O–H groups in total. The van der Waals surface area contributed by atoms with Crippen LogP contribution in [0.4, 0.5) is 0 Å². The Morgan fingerprint density at radius 3 is 2.25 bits per heavy atom. The highest BCUT2D eigenvalue weighted by Gasteiger charge is 2.36. The van der Waals surface area contributed by atoms with Gasteiger partial charge in [0.15, 0.2) is 0 Å². The van der Waals surface area contributed by atoms with Crippen molar-refractivity contribution < 1.29 is 5.11 Å². The van der Waals surface area contributed by atoms with Crippen molar-refractivity contribution in [1.29, 1.82) is 5.26 Å². The second-order valence-electron chi connectivity index (χ2n) is 6.12. The molecule has 0 amide bonds. The van der Waals surface area contributed by atoms with Crippen LogP contribution in [-0.4, -0.2) is 28.6 Å². The van der Waals surface area contributed by atoms with Gasteiger partial charge in [-0.15, -0.1) is 0 Å². The van der Waals surface area contributed by atoms with Crippen LogP contribution in [0.5, 0.6) is 0 Å². The predicted molar refractivity (Wildman–Crippen MR) is 78.1 cm³/mol. The molecule has 1 atom stereocenters. The quantitative estimate of drug-likeness (QED) is 0.894. The van der Waals surface area contributed by atoms with E-state index >= 15 is 0 Å². The first-order valence-corrected chi connectivity index (χ1v) is 7.72. The predicted octanol–water partition coefficient (Wildman–Crippen LogP) is 3.00. The van der Waals surface area contributed by atoms with Crippen LogP contribution >= 0.6 is 0 Å². The molecule has 0 radical (unpaired) electrons. The fourth-order valence-electron chi connectivity index (χ4n) is 3.32. The Balaban J connectivity index is 1.66. The Bertz CT molecular complexity index is 481.